The lowest BCUT2D eigenvalue weighted by Crippen LogP contribution is -2.47. The molecule has 2 atom stereocenters. The number of likely N-dealkylation sites (N-methyl/N-ethyl adjacent to an activating group) is 1. The normalized spacial score (nSPS) is 15.5. The monoisotopic (exact) mass is 454 g/mol. The zero-order chi connectivity index (χ0) is 23.8. The first-order chi connectivity index (χ1) is 15.8. The maximum atomic E-state index is 12.6. The second-order valence-electron chi connectivity index (χ2n) is 8.33. The zero-order valence-corrected chi connectivity index (χ0v) is 19.2. The first kappa shape index (κ1) is 24.1. The third-order valence-electron chi connectivity index (χ3n) is 5.25. The van der Waals surface area contributed by atoms with E-state index >= 15 is 0 Å². The zero-order valence-electron chi connectivity index (χ0n) is 19.2. The summed E-state index contributed by atoms with van der Waals surface area (Å²) in [4.78, 5) is 38.9. The second kappa shape index (κ2) is 11.4. The third kappa shape index (κ3) is 6.97. The summed E-state index contributed by atoms with van der Waals surface area (Å²) in [6, 6.07) is 15.8. The van der Waals surface area contributed by atoms with E-state index < -0.39 is 18.6 Å². The van der Waals surface area contributed by atoms with Gasteiger partial charge < -0.3 is 24.4 Å². The Hall–Kier alpha value is -3.55. The van der Waals surface area contributed by atoms with E-state index in [2.05, 4.69) is 5.32 Å². The van der Waals surface area contributed by atoms with Crippen molar-refractivity contribution < 1.29 is 28.6 Å². The van der Waals surface area contributed by atoms with Gasteiger partial charge in [0, 0.05) is 7.05 Å². The number of rotatable bonds is 9. The molecular weight excluding hydrogens is 424 g/mol. The van der Waals surface area contributed by atoms with E-state index in [-0.39, 0.29) is 36.8 Å². The molecule has 33 heavy (non-hydrogen) atoms. The van der Waals surface area contributed by atoms with Crippen molar-refractivity contribution in [3.05, 3.63) is 60.2 Å². The molecule has 2 amide bonds. The molecular formula is C25H30N2O6. The molecule has 0 bridgehead atoms. The van der Waals surface area contributed by atoms with Gasteiger partial charge in [0.2, 0.25) is 5.91 Å². The molecule has 1 aliphatic rings. The van der Waals surface area contributed by atoms with Crippen molar-refractivity contribution in [2.75, 3.05) is 26.8 Å². The number of para-hydroxylation sites is 2. The fourth-order valence-corrected chi connectivity index (χ4v) is 3.40. The predicted molar refractivity (Wildman–Crippen MR) is 122 cm³/mol. The lowest BCUT2D eigenvalue weighted by atomic mass is 10.0. The Kier molecular flexibility index (Phi) is 8.29. The fraction of sp³-hybridized carbons (Fsp3) is 0.400. The van der Waals surface area contributed by atoms with Crippen LogP contribution >= 0.6 is 0 Å². The van der Waals surface area contributed by atoms with Crippen LogP contribution in [0.25, 0.3) is 0 Å². The summed E-state index contributed by atoms with van der Waals surface area (Å²) in [5, 5.41) is 2.72. The van der Waals surface area contributed by atoms with Crippen LogP contribution in [0.3, 0.4) is 0 Å². The number of nitrogens with zero attached hydrogens (tertiary/aromatic N) is 1. The molecule has 2 aromatic rings. The summed E-state index contributed by atoms with van der Waals surface area (Å²) < 4.78 is 16.8. The summed E-state index contributed by atoms with van der Waals surface area (Å²) in [6.45, 7) is 3.79. The van der Waals surface area contributed by atoms with E-state index in [4.69, 9.17) is 14.2 Å². The highest BCUT2D eigenvalue weighted by Crippen LogP contribution is 2.30. The molecule has 1 heterocycles. The van der Waals surface area contributed by atoms with Crippen LogP contribution in [0.5, 0.6) is 11.5 Å². The number of hydrogen-bond donors (Lipinski definition) is 1. The third-order valence-corrected chi connectivity index (χ3v) is 5.25. The molecule has 0 spiro atoms. The van der Waals surface area contributed by atoms with Gasteiger partial charge in [-0.3, -0.25) is 9.59 Å². The van der Waals surface area contributed by atoms with Crippen LogP contribution < -0.4 is 14.8 Å². The van der Waals surface area contributed by atoms with Crippen LogP contribution in [0, 0.1) is 5.92 Å². The van der Waals surface area contributed by atoms with E-state index in [1.165, 1.54) is 4.90 Å². The van der Waals surface area contributed by atoms with Gasteiger partial charge in [-0.15, -0.1) is 0 Å². The maximum Gasteiger partial charge on any atom is 0.329 e. The van der Waals surface area contributed by atoms with Crippen molar-refractivity contribution in [1.82, 2.24) is 10.2 Å². The van der Waals surface area contributed by atoms with Crippen molar-refractivity contribution in [3.63, 3.8) is 0 Å². The van der Waals surface area contributed by atoms with Crippen molar-refractivity contribution >= 4 is 17.8 Å². The van der Waals surface area contributed by atoms with Crippen LogP contribution in [0.4, 0.5) is 0 Å². The van der Waals surface area contributed by atoms with Crippen LogP contribution in [0.15, 0.2) is 54.6 Å². The Morgan fingerprint density at radius 1 is 1.06 bits per heavy atom. The Labute approximate surface area is 193 Å². The first-order valence-electron chi connectivity index (χ1n) is 11.0. The minimum Gasteiger partial charge on any atom is -0.486 e. The Morgan fingerprint density at radius 2 is 1.73 bits per heavy atom. The Balaban J connectivity index is 1.46. The smallest absolute Gasteiger partial charge is 0.329 e. The Bertz CT molecular complexity index is 962. The fourth-order valence-electron chi connectivity index (χ4n) is 3.40. The average Bonchev–Trinajstić information content (AvgIpc) is 2.81. The number of carbonyl (C=O) groups is 3. The van der Waals surface area contributed by atoms with Gasteiger partial charge >= 0.3 is 5.97 Å². The van der Waals surface area contributed by atoms with Crippen LogP contribution in [-0.4, -0.2) is 61.6 Å². The topological polar surface area (TPSA) is 94.2 Å². The summed E-state index contributed by atoms with van der Waals surface area (Å²) in [5.41, 5.74) is 0.846. The minimum absolute atomic E-state index is 0.158. The van der Waals surface area contributed by atoms with Gasteiger partial charge in [-0.2, -0.15) is 0 Å². The predicted octanol–water partition coefficient (Wildman–Crippen LogP) is 2.21. The minimum atomic E-state index is -0.842. The summed E-state index contributed by atoms with van der Waals surface area (Å²) in [5.74, 6) is -0.186. The molecule has 0 aromatic heterocycles. The van der Waals surface area contributed by atoms with Gasteiger partial charge in [-0.1, -0.05) is 56.3 Å². The van der Waals surface area contributed by atoms with Gasteiger partial charge in [0.15, 0.2) is 24.2 Å². The highest BCUT2D eigenvalue weighted by molar-refractivity contribution is 5.87. The van der Waals surface area contributed by atoms with Crippen molar-refractivity contribution in [1.29, 1.82) is 0 Å². The number of benzene rings is 2. The maximum absolute atomic E-state index is 12.6. The molecule has 0 fully saturated rings. The number of hydrogen-bond acceptors (Lipinski definition) is 6. The lowest BCUT2D eigenvalue weighted by molar-refractivity contribution is -0.155. The van der Waals surface area contributed by atoms with Crippen molar-refractivity contribution in [3.8, 4) is 11.5 Å². The van der Waals surface area contributed by atoms with Gasteiger partial charge in [0.1, 0.15) is 12.6 Å². The second-order valence-corrected chi connectivity index (χ2v) is 8.33. The van der Waals surface area contributed by atoms with Crippen LogP contribution in [0.1, 0.15) is 19.4 Å². The highest BCUT2D eigenvalue weighted by atomic mass is 16.6. The number of nitrogens with one attached hydrogen (secondary N) is 1. The standard InChI is InChI=1S/C25H30N2O6/c1-17(2)24(26-22(28)13-18-9-5-4-6-10-18)25(30)32-16-23(29)27(3)14-19-15-31-20-11-7-8-12-21(20)33-19/h4-12,17,19,24H,13-16H2,1-3H3,(H,26,28)/t19?,24-/m0/s1. The van der Waals surface area contributed by atoms with E-state index in [9.17, 15) is 14.4 Å². The number of fused-ring (bicyclic) bond motifs is 1. The van der Waals surface area contributed by atoms with Gasteiger partial charge in [-0.05, 0) is 23.6 Å². The molecule has 8 heteroatoms. The van der Waals surface area contributed by atoms with Crippen LogP contribution in [0.2, 0.25) is 0 Å². The number of amides is 2. The van der Waals surface area contributed by atoms with E-state index in [1.807, 2.05) is 54.6 Å². The van der Waals surface area contributed by atoms with E-state index in [1.54, 1.807) is 20.9 Å². The van der Waals surface area contributed by atoms with E-state index in [0.29, 0.717) is 18.1 Å². The molecule has 0 radical (unpaired) electrons. The quantitative estimate of drug-likeness (QED) is 0.584. The van der Waals surface area contributed by atoms with Gasteiger partial charge in [-0.25, -0.2) is 4.79 Å². The molecule has 1 unspecified atom stereocenters. The Morgan fingerprint density at radius 3 is 2.42 bits per heavy atom. The van der Waals surface area contributed by atoms with Crippen molar-refractivity contribution in [2.24, 2.45) is 5.92 Å². The molecule has 176 valence electrons. The van der Waals surface area contributed by atoms with Crippen molar-refractivity contribution in [2.45, 2.75) is 32.4 Å². The number of carbonyl (C=O) groups excluding carboxylic acids is 3. The van der Waals surface area contributed by atoms with Gasteiger partial charge in [0.05, 0.1) is 13.0 Å². The number of ether oxygens (including phenoxy) is 3. The molecule has 0 saturated carbocycles. The van der Waals surface area contributed by atoms with Gasteiger partial charge in [0.25, 0.3) is 5.91 Å². The first-order valence-corrected chi connectivity index (χ1v) is 11.0. The molecule has 2 aromatic carbocycles. The summed E-state index contributed by atoms with van der Waals surface area (Å²) >= 11 is 0. The SMILES string of the molecule is CC(C)[C@H](NC(=O)Cc1ccccc1)C(=O)OCC(=O)N(C)CC1COc2ccccc2O1. The average molecular weight is 455 g/mol. The molecule has 1 N–H and O–H groups in total. The van der Waals surface area contributed by atoms with Crippen LogP contribution in [-0.2, 0) is 25.5 Å². The summed E-state index contributed by atoms with van der Waals surface area (Å²) in [7, 11) is 1.61. The molecule has 1 aliphatic heterocycles. The number of esters is 1. The summed E-state index contributed by atoms with van der Waals surface area (Å²) in [6.07, 6.45) is -0.170. The molecule has 3 rings (SSSR count). The largest absolute Gasteiger partial charge is 0.486 e. The van der Waals surface area contributed by atoms with E-state index in [0.717, 1.165) is 5.56 Å². The lowest BCUT2D eigenvalue weighted by Gasteiger charge is -2.29. The molecule has 0 saturated heterocycles. The molecule has 0 aliphatic carbocycles. The highest BCUT2D eigenvalue weighted by Gasteiger charge is 2.28. The molecule has 8 nitrogen and oxygen atoms in total.